The van der Waals surface area contributed by atoms with E-state index in [4.69, 9.17) is 18.0 Å². The van der Waals surface area contributed by atoms with Gasteiger partial charge in [0, 0.05) is 6.54 Å². The molecule has 0 aromatic rings. The van der Waals surface area contributed by atoms with Crippen molar-refractivity contribution in [1.82, 2.24) is 5.32 Å². The van der Waals surface area contributed by atoms with Crippen LogP contribution in [-0.4, -0.2) is 17.4 Å². The van der Waals surface area contributed by atoms with E-state index in [-0.39, 0.29) is 5.91 Å². The minimum Gasteiger partial charge on any atom is -0.392 e. The van der Waals surface area contributed by atoms with Crippen molar-refractivity contribution in [3.63, 3.8) is 0 Å². The molecule has 2 aliphatic rings. The molecule has 2 fully saturated rings. The highest BCUT2D eigenvalue weighted by Gasteiger charge is 2.43. The van der Waals surface area contributed by atoms with E-state index in [1.54, 1.807) is 0 Å². The van der Waals surface area contributed by atoms with Crippen LogP contribution in [0, 0.1) is 10.8 Å². The molecule has 3 N–H and O–H groups in total. The summed E-state index contributed by atoms with van der Waals surface area (Å²) in [6.07, 6.45) is 11.1. The van der Waals surface area contributed by atoms with Gasteiger partial charge in [0.05, 0.1) is 10.4 Å². The summed E-state index contributed by atoms with van der Waals surface area (Å²) < 4.78 is 0. The van der Waals surface area contributed by atoms with E-state index in [0.29, 0.717) is 10.4 Å². The number of amides is 1. The van der Waals surface area contributed by atoms with Crippen LogP contribution >= 0.6 is 12.2 Å². The first-order valence-electron chi connectivity index (χ1n) is 8.13. The zero-order valence-corrected chi connectivity index (χ0v) is 13.5. The van der Waals surface area contributed by atoms with Crippen molar-refractivity contribution < 1.29 is 4.79 Å². The lowest BCUT2D eigenvalue weighted by Gasteiger charge is -2.42. The Labute approximate surface area is 128 Å². The monoisotopic (exact) mass is 296 g/mol. The van der Waals surface area contributed by atoms with Crippen molar-refractivity contribution in [2.24, 2.45) is 16.6 Å². The van der Waals surface area contributed by atoms with Gasteiger partial charge in [-0.05, 0) is 37.5 Å². The molecule has 0 aliphatic heterocycles. The number of carbonyl (C=O) groups excluding carboxylic acids is 1. The maximum Gasteiger partial charge on any atom is 0.233 e. The molecule has 0 radical (unpaired) electrons. The van der Waals surface area contributed by atoms with Gasteiger partial charge in [-0.2, -0.15) is 0 Å². The SMILES string of the molecule is CCC1(CNC(=O)C2(C(N)=S)CCCCCC2)CCC1. The number of hydrogen-bond acceptors (Lipinski definition) is 2. The summed E-state index contributed by atoms with van der Waals surface area (Å²) in [6, 6.07) is 0. The number of carbonyl (C=O) groups is 1. The van der Waals surface area contributed by atoms with Crippen LogP contribution in [0.25, 0.3) is 0 Å². The molecule has 0 saturated heterocycles. The summed E-state index contributed by atoms with van der Waals surface area (Å²) in [5.74, 6) is 0.0895. The average Bonchev–Trinajstić information content (AvgIpc) is 2.64. The fourth-order valence-electron chi connectivity index (χ4n) is 3.69. The average molecular weight is 296 g/mol. The molecule has 2 rings (SSSR count). The molecule has 0 aromatic heterocycles. The summed E-state index contributed by atoms with van der Waals surface area (Å²) in [4.78, 5) is 13.1. The molecule has 114 valence electrons. The van der Waals surface area contributed by atoms with Gasteiger partial charge in [0.1, 0.15) is 0 Å². The molecule has 0 unspecified atom stereocenters. The van der Waals surface area contributed by atoms with Crippen molar-refractivity contribution >= 4 is 23.1 Å². The van der Waals surface area contributed by atoms with Gasteiger partial charge in [0.25, 0.3) is 0 Å². The van der Waals surface area contributed by atoms with Crippen molar-refractivity contribution in [3.05, 3.63) is 0 Å². The van der Waals surface area contributed by atoms with Gasteiger partial charge in [-0.25, -0.2) is 0 Å². The summed E-state index contributed by atoms with van der Waals surface area (Å²) in [5.41, 5.74) is 5.73. The molecule has 0 spiro atoms. The Morgan fingerprint density at radius 2 is 1.70 bits per heavy atom. The minimum absolute atomic E-state index is 0.0895. The summed E-state index contributed by atoms with van der Waals surface area (Å²) in [6.45, 7) is 3.02. The first-order valence-corrected chi connectivity index (χ1v) is 8.54. The van der Waals surface area contributed by atoms with E-state index >= 15 is 0 Å². The van der Waals surface area contributed by atoms with Gasteiger partial charge in [-0.15, -0.1) is 0 Å². The summed E-state index contributed by atoms with van der Waals surface area (Å²) >= 11 is 5.26. The van der Waals surface area contributed by atoms with Crippen molar-refractivity contribution in [3.8, 4) is 0 Å². The van der Waals surface area contributed by atoms with E-state index in [1.807, 2.05) is 0 Å². The topological polar surface area (TPSA) is 55.1 Å². The van der Waals surface area contributed by atoms with Gasteiger partial charge in [-0.1, -0.05) is 51.2 Å². The largest absolute Gasteiger partial charge is 0.392 e. The molecule has 20 heavy (non-hydrogen) atoms. The van der Waals surface area contributed by atoms with Crippen LogP contribution in [0.3, 0.4) is 0 Å². The third-order valence-corrected chi connectivity index (χ3v) is 6.04. The third kappa shape index (κ3) is 3.00. The lowest BCUT2D eigenvalue weighted by molar-refractivity contribution is -0.129. The highest BCUT2D eigenvalue weighted by molar-refractivity contribution is 7.80. The van der Waals surface area contributed by atoms with Gasteiger partial charge in [-0.3, -0.25) is 4.79 Å². The summed E-state index contributed by atoms with van der Waals surface area (Å²) in [5, 5.41) is 3.19. The Morgan fingerprint density at radius 1 is 1.10 bits per heavy atom. The second kappa shape index (κ2) is 6.42. The van der Waals surface area contributed by atoms with Crippen LogP contribution in [-0.2, 0) is 4.79 Å². The van der Waals surface area contributed by atoms with Gasteiger partial charge < -0.3 is 11.1 Å². The molecule has 0 heterocycles. The fraction of sp³-hybridized carbons (Fsp3) is 0.875. The number of hydrogen-bond donors (Lipinski definition) is 2. The summed E-state index contributed by atoms with van der Waals surface area (Å²) in [7, 11) is 0. The van der Waals surface area contributed by atoms with Crippen LogP contribution in [0.15, 0.2) is 0 Å². The molecule has 4 heteroatoms. The quantitative estimate of drug-likeness (QED) is 0.604. The zero-order chi connectivity index (χ0) is 14.6. The Kier molecular flexibility index (Phi) is 5.05. The molecule has 2 aliphatic carbocycles. The standard InChI is InChI=1S/C16H28N2OS/c1-2-15(8-7-9-15)12-18-14(19)16(13(17)20)10-5-3-4-6-11-16/h2-12H2,1H3,(H2,17,20)(H,18,19). The molecule has 0 aromatic carbocycles. The smallest absolute Gasteiger partial charge is 0.233 e. The van der Waals surface area contributed by atoms with Crippen molar-refractivity contribution in [2.45, 2.75) is 71.1 Å². The lowest BCUT2D eigenvalue weighted by Crippen LogP contribution is -2.52. The maximum atomic E-state index is 12.7. The first kappa shape index (κ1) is 15.7. The van der Waals surface area contributed by atoms with E-state index < -0.39 is 5.41 Å². The predicted molar refractivity (Wildman–Crippen MR) is 86.5 cm³/mol. The zero-order valence-electron chi connectivity index (χ0n) is 12.7. The Balaban J connectivity index is 2.01. The van der Waals surface area contributed by atoms with Gasteiger partial charge in [0.2, 0.25) is 5.91 Å². The van der Waals surface area contributed by atoms with Gasteiger partial charge in [0.15, 0.2) is 0 Å². The number of thiocarbonyl (C=S) groups is 1. The number of rotatable bonds is 5. The Bertz CT molecular complexity index is 363. The molecule has 3 nitrogen and oxygen atoms in total. The molecular weight excluding hydrogens is 268 g/mol. The second-order valence-corrected chi connectivity index (χ2v) is 7.19. The Morgan fingerprint density at radius 3 is 2.10 bits per heavy atom. The highest BCUT2D eigenvalue weighted by atomic mass is 32.1. The van der Waals surface area contributed by atoms with Crippen molar-refractivity contribution in [1.29, 1.82) is 0 Å². The second-order valence-electron chi connectivity index (χ2n) is 6.75. The van der Waals surface area contributed by atoms with E-state index in [0.717, 1.165) is 38.6 Å². The lowest BCUT2D eigenvalue weighted by atomic mass is 9.67. The van der Waals surface area contributed by atoms with E-state index in [2.05, 4.69) is 12.2 Å². The molecule has 0 bridgehead atoms. The fourth-order valence-corrected chi connectivity index (χ4v) is 3.98. The van der Waals surface area contributed by atoms with Crippen LogP contribution < -0.4 is 11.1 Å². The van der Waals surface area contributed by atoms with Crippen LogP contribution in [0.4, 0.5) is 0 Å². The highest BCUT2D eigenvalue weighted by Crippen LogP contribution is 2.43. The normalized spacial score (nSPS) is 24.2. The Hall–Kier alpha value is -0.640. The van der Waals surface area contributed by atoms with Gasteiger partial charge >= 0.3 is 0 Å². The number of nitrogens with one attached hydrogen (secondary N) is 1. The predicted octanol–water partition coefficient (Wildman–Crippen LogP) is 3.31. The van der Waals surface area contributed by atoms with Crippen LogP contribution in [0.5, 0.6) is 0 Å². The van der Waals surface area contributed by atoms with Crippen molar-refractivity contribution in [2.75, 3.05) is 6.54 Å². The molecule has 1 amide bonds. The minimum atomic E-state index is -0.579. The maximum absolute atomic E-state index is 12.7. The molecular formula is C16H28N2OS. The first-order chi connectivity index (χ1) is 9.55. The van der Waals surface area contributed by atoms with E-state index in [1.165, 1.54) is 32.1 Å². The molecule has 2 saturated carbocycles. The van der Waals surface area contributed by atoms with Crippen LogP contribution in [0.1, 0.15) is 71.1 Å². The number of nitrogens with two attached hydrogens (primary N) is 1. The third-order valence-electron chi connectivity index (χ3n) is 5.65. The molecule has 0 atom stereocenters. The van der Waals surface area contributed by atoms with Crippen LogP contribution in [0.2, 0.25) is 0 Å². The van der Waals surface area contributed by atoms with E-state index in [9.17, 15) is 4.79 Å².